The van der Waals surface area contributed by atoms with Crippen molar-refractivity contribution in [1.29, 1.82) is 0 Å². The van der Waals surface area contributed by atoms with Crippen LogP contribution >= 0.6 is 35.4 Å². The largest absolute Gasteiger partial charge is 0.489 e. The molecule has 0 saturated carbocycles. The summed E-state index contributed by atoms with van der Waals surface area (Å²) in [5, 5.41) is 3.67. The van der Waals surface area contributed by atoms with Gasteiger partial charge in [0.25, 0.3) is 11.8 Å². The van der Waals surface area contributed by atoms with Gasteiger partial charge in [-0.1, -0.05) is 47.5 Å². The van der Waals surface area contributed by atoms with Crippen LogP contribution in [0, 0.1) is 0 Å². The summed E-state index contributed by atoms with van der Waals surface area (Å²) in [4.78, 5) is 26.0. The van der Waals surface area contributed by atoms with Gasteiger partial charge in [0.1, 0.15) is 17.9 Å². The van der Waals surface area contributed by atoms with Gasteiger partial charge < -0.3 is 4.74 Å². The van der Waals surface area contributed by atoms with Gasteiger partial charge in [-0.05, 0) is 48.1 Å². The van der Waals surface area contributed by atoms with E-state index >= 15 is 0 Å². The summed E-state index contributed by atoms with van der Waals surface area (Å²) in [6.45, 7) is 4.10. The number of ether oxygens (including phenoxy) is 1. The molecule has 0 atom stereocenters. The van der Waals surface area contributed by atoms with Crippen LogP contribution < -0.4 is 10.1 Å². The van der Waals surface area contributed by atoms with E-state index in [0.29, 0.717) is 21.4 Å². The second kappa shape index (κ2) is 9.22. The van der Waals surface area contributed by atoms with Crippen LogP contribution in [-0.4, -0.2) is 28.4 Å². The SMILES string of the molecule is C=CCN1C(=O)C(=Cc2ccc(OCc3ccc(Cl)cc3Cl)cc2)C(=O)NC1=S. The highest BCUT2D eigenvalue weighted by molar-refractivity contribution is 7.80. The van der Waals surface area contributed by atoms with Crippen LogP contribution in [0.2, 0.25) is 10.0 Å². The van der Waals surface area contributed by atoms with Gasteiger partial charge in [0, 0.05) is 22.2 Å². The number of benzene rings is 2. The van der Waals surface area contributed by atoms with Crippen LogP contribution in [0.4, 0.5) is 0 Å². The number of hydrogen-bond acceptors (Lipinski definition) is 4. The Labute approximate surface area is 183 Å². The van der Waals surface area contributed by atoms with Gasteiger partial charge in [-0.25, -0.2) is 0 Å². The number of amides is 2. The first-order valence-corrected chi connectivity index (χ1v) is 9.72. The molecule has 1 N–H and O–H groups in total. The molecule has 1 aliphatic heterocycles. The van der Waals surface area contributed by atoms with Crippen molar-refractivity contribution in [2.75, 3.05) is 6.54 Å². The Balaban J connectivity index is 1.72. The fourth-order valence-corrected chi connectivity index (χ4v) is 3.33. The normalized spacial score (nSPS) is 15.4. The molecule has 0 unspecified atom stereocenters. The molecule has 0 aliphatic carbocycles. The average molecular weight is 447 g/mol. The highest BCUT2D eigenvalue weighted by atomic mass is 35.5. The van der Waals surface area contributed by atoms with E-state index in [1.54, 1.807) is 48.5 Å². The first-order chi connectivity index (χ1) is 13.9. The van der Waals surface area contributed by atoms with E-state index in [-0.39, 0.29) is 23.8 Å². The third-order valence-electron chi connectivity index (χ3n) is 4.10. The minimum absolute atomic E-state index is 0.00191. The maximum Gasteiger partial charge on any atom is 0.265 e. The van der Waals surface area contributed by atoms with Gasteiger partial charge in [-0.3, -0.25) is 19.8 Å². The molecule has 1 heterocycles. The van der Waals surface area contributed by atoms with Crippen LogP contribution in [-0.2, 0) is 16.2 Å². The Hall–Kier alpha value is -2.67. The number of thiocarbonyl (C=S) groups is 1. The lowest BCUT2D eigenvalue weighted by Gasteiger charge is -2.27. The highest BCUT2D eigenvalue weighted by Gasteiger charge is 2.32. The van der Waals surface area contributed by atoms with E-state index in [1.807, 2.05) is 0 Å². The molecule has 1 saturated heterocycles. The number of nitrogens with one attached hydrogen (secondary N) is 1. The Bertz CT molecular complexity index is 1020. The molecule has 2 aromatic rings. The zero-order valence-electron chi connectivity index (χ0n) is 15.2. The smallest absolute Gasteiger partial charge is 0.265 e. The molecule has 2 amide bonds. The van der Waals surface area contributed by atoms with Crippen LogP contribution in [0.3, 0.4) is 0 Å². The quantitative estimate of drug-likeness (QED) is 0.309. The number of halogens is 2. The molecule has 8 heteroatoms. The summed E-state index contributed by atoms with van der Waals surface area (Å²) in [7, 11) is 0. The Morgan fingerprint density at radius 2 is 1.86 bits per heavy atom. The number of carbonyl (C=O) groups excluding carboxylic acids is 2. The van der Waals surface area contributed by atoms with Gasteiger partial charge >= 0.3 is 0 Å². The van der Waals surface area contributed by atoms with Gasteiger partial charge in [0.2, 0.25) is 0 Å². The standard InChI is InChI=1S/C21H16Cl2N2O3S/c1-2-9-25-20(27)17(19(26)24-21(25)29)10-13-3-7-16(8-4-13)28-12-14-5-6-15(22)11-18(14)23/h2-8,10-11H,1,9,12H2,(H,24,26,29). The fraction of sp³-hybridized carbons (Fsp3) is 0.0952. The molecule has 3 rings (SSSR count). The molecule has 5 nitrogen and oxygen atoms in total. The van der Waals surface area contributed by atoms with Crippen molar-refractivity contribution >= 4 is 58.4 Å². The summed E-state index contributed by atoms with van der Waals surface area (Å²) < 4.78 is 5.73. The molecule has 1 aliphatic rings. The van der Waals surface area contributed by atoms with Crippen molar-refractivity contribution in [2.45, 2.75) is 6.61 Å². The van der Waals surface area contributed by atoms with Crippen LogP contribution in [0.5, 0.6) is 5.75 Å². The Morgan fingerprint density at radius 1 is 1.14 bits per heavy atom. The topological polar surface area (TPSA) is 58.6 Å². The van der Waals surface area contributed by atoms with E-state index in [2.05, 4.69) is 11.9 Å². The van der Waals surface area contributed by atoms with Crippen LogP contribution in [0.1, 0.15) is 11.1 Å². The second-order valence-corrected chi connectivity index (χ2v) is 7.35. The second-order valence-electron chi connectivity index (χ2n) is 6.12. The summed E-state index contributed by atoms with van der Waals surface area (Å²) in [5.74, 6) is -0.374. The molecule has 1 fully saturated rings. The molecule has 2 aromatic carbocycles. The maximum atomic E-state index is 12.5. The van der Waals surface area contributed by atoms with E-state index in [1.165, 1.54) is 11.0 Å². The molecule has 0 aromatic heterocycles. The van der Waals surface area contributed by atoms with Gasteiger partial charge in [-0.15, -0.1) is 6.58 Å². The molecule has 0 radical (unpaired) electrons. The predicted molar refractivity (Wildman–Crippen MR) is 118 cm³/mol. The fourth-order valence-electron chi connectivity index (χ4n) is 2.62. The monoisotopic (exact) mass is 446 g/mol. The van der Waals surface area contributed by atoms with Crippen LogP contribution in [0.15, 0.2) is 60.7 Å². The molecule has 148 valence electrons. The summed E-state index contributed by atoms with van der Waals surface area (Å²) in [5.41, 5.74) is 1.49. The molecule has 0 bridgehead atoms. The van der Waals surface area contributed by atoms with E-state index in [4.69, 9.17) is 40.2 Å². The first kappa shape index (κ1) is 21.0. The number of carbonyl (C=O) groups is 2. The predicted octanol–water partition coefficient (Wildman–Crippen LogP) is 4.39. The highest BCUT2D eigenvalue weighted by Crippen LogP contribution is 2.23. The Kier molecular flexibility index (Phi) is 6.69. The summed E-state index contributed by atoms with van der Waals surface area (Å²) in [6, 6.07) is 12.2. The maximum absolute atomic E-state index is 12.5. The van der Waals surface area contributed by atoms with Crippen molar-refractivity contribution in [3.63, 3.8) is 0 Å². The van der Waals surface area contributed by atoms with Crippen molar-refractivity contribution in [2.24, 2.45) is 0 Å². The van der Waals surface area contributed by atoms with Gasteiger partial charge in [0.15, 0.2) is 5.11 Å². The molecular weight excluding hydrogens is 431 g/mol. The zero-order valence-corrected chi connectivity index (χ0v) is 17.5. The summed E-state index contributed by atoms with van der Waals surface area (Å²) >= 11 is 17.1. The van der Waals surface area contributed by atoms with Crippen molar-refractivity contribution in [1.82, 2.24) is 10.2 Å². The third-order valence-corrected chi connectivity index (χ3v) is 5.01. The lowest BCUT2D eigenvalue weighted by Crippen LogP contribution is -2.53. The minimum Gasteiger partial charge on any atom is -0.489 e. The van der Waals surface area contributed by atoms with Crippen molar-refractivity contribution in [3.05, 3.63) is 81.9 Å². The molecule has 29 heavy (non-hydrogen) atoms. The summed E-state index contributed by atoms with van der Waals surface area (Å²) in [6.07, 6.45) is 3.05. The first-order valence-electron chi connectivity index (χ1n) is 8.55. The molecule has 0 spiro atoms. The van der Waals surface area contributed by atoms with Gasteiger partial charge in [-0.2, -0.15) is 0 Å². The molecular formula is C21H16Cl2N2O3S. The number of hydrogen-bond donors (Lipinski definition) is 1. The van der Waals surface area contributed by atoms with E-state index < -0.39 is 11.8 Å². The zero-order chi connectivity index (χ0) is 21.0. The van der Waals surface area contributed by atoms with Crippen molar-refractivity contribution < 1.29 is 14.3 Å². The van der Waals surface area contributed by atoms with Gasteiger partial charge in [0.05, 0.1) is 0 Å². The van der Waals surface area contributed by atoms with Crippen molar-refractivity contribution in [3.8, 4) is 5.75 Å². The minimum atomic E-state index is -0.530. The average Bonchev–Trinajstić information content (AvgIpc) is 2.69. The third kappa shape index (κ3) is 5.03. The lowest BCUT2D eigenvalue weighted by atomic mass is 10.1. The van der Waals surface area contributed by atoms with Crippen LogP contribution in [0.25, 0.3) is 6.08 Å². The van der Waals surface area contributed by atoms with E-state index in [9.17, 15) is 9.59 Å². The lowest BCUT2D eigenvalue weighted by molar-refractivity contribution is -0.128. The number of rotatable bonds is 6. The number of nitrogens with zero attached hydrogens (tertiary/aromatic N) is 1. The Morgan fingerprint density at radius 3 is 2.52 bits per heavy atom. The van der Waals surface area contributed by atoms with E-state index in [0.717, 1.165) is 5.56 Å².